The van der Waals surface area contributed by atoms with Crippen LogP contribution in [0, 0.1) is 0 Å². The van der Waals surface area contributed by atoms with Crippen molar-refractivity contribution in [2.24, 2.45) is 0 Å². The Hall–Kier alpha value is -0.270. The summed E-state index contributed by atoms with van der Waals surface area (Å²) >= 11 is 0. The lowest BCUT2D eigenvalue weighted by molar-refractivity contribution is -0.870. The number of rotatable bonds is 23. The number of quaternary nitrogens is 1. The van der Waals surface area contributed by atoms with Crippen molar-refractivity contribution in [1.82, 2.24) is 0 Å². The Kier molecular flexibility index (Phi) is 20.0. The summed E-state index contributed by atoms with van der Waals surface area (Å²) in [5.41, 5.74) is 0. The monoisotopic (exact) mass is 479 g/mol. The highest BCUT2D eigenvalue weighted by Gasteiger charge is 2.15. The average Bonchev–Trinajstić information content (AvgIpc) is 2.71. The fourth-order valence-corrected chi connectivity index (χ4v) is 3.78. The predicted molar refractivity (Wildman–Crippen MR) is 129 cm³/mol. The zero-order valence-corrected chi connectivity index (χ0v) is 22.0. The Morgan fingerprint density at radius 3 is 2.00 bits per heavy atom. The molecule has 32 heavy (non-hydrogen) atoms. The van der Waals surface area contributed by atoms with Crippen molar-refractivity contribution in [2.45, 2.75) is 90.1 Å². The molecule has 1 unspecified atom stereocenters. The zero-order valence-electron chi connectivity index (χ0n) is 21.1. The molecule has 8 heteroatoms. The molecule has 0 aromatic heterocycles. The Labute approximate surface area is 197 Å². The summed E-state index contributed by atoms with van der Waals surface area (Å²) in [6.45, 7) is 2.99. The SMILES string of the molecule is CCCCCCCCCCCC/C=C\CCOC[C@@H](O)COP(=O)([O-])OCC[N+](C)(C)C. The number of allylic oxidation sites excluding steroid dienone is 1. The first-order valence-electron chi connectivity index (χ1n) is 12.5. The van der Waals surface area contributed by atoms with Crippen LogP contribution in [0.5, 0.6) is 0 Å². The Bertz CT molecular complexity index is 495. The fraction of sp³-hybridized carbons (Fsp3) is 0.917. The lowest BCUT2D eigenvalue weighted by Gasteiger charge is -2.27. The predicted octanol–water partition coefficient (Wildman–Crippen LogP) is 4.83. The van der Waals surface area contributed by atoms with Crippen LogP contribution in [-0.2, 0) is 18.3 Å². The van der Waals surface area contributed by atoms with E-state index in [0.29, 0.717) is 17.6 Å². The van der Waals surface area contributed by atoms with Gasteiger partial charge in [-0.1, -0.05) is 76.9 Å². The van der Waals surface area contributed by atoms with Gasteiger partial charge in [0.1, 0.15) is 19.3 Å². The standard InChI is InChI=1S/C24H50NO6P/c1-5-6-7-8-9-10-11-12-13-14-15-16-17-18-20-29-22-24(26)23-31-32(27,28)30-21-19-25(2,3)4/h16-17,24,26H,5-15,18-23H2,1-4H3/b17-16-/t24-/m1/s1. The summed E-state index contributed by atoms with van der Waals surface area (Å²) in [5, 5.41) is 9.80. The Balaban J connectivity index is 3.50. The first-order valence-corrected chi connectivity index (χ1v) is 13.9. The zero-order chi connectivity index (χ0) is 24.1. The van der Waals surface area contributed by atoms with Crippen LogP contribution in [0.25, 0.3) is 0 Å². The quantitative estimate of drug-likeness (QED) is 0.0977. The van der Waals surface area contributed by atoms with Crippen molar-refractivity contribution in [3.05, 3.63) is 12.2 Å². The number of hydrogen-bond acceptors (Lipinski definition) is 6. The van der Waals surface area contributed by atoms with Crippen molar-refractivity contribution < 1.29 is 32.8 Å². The molecular weight excluding hydrogens is 429 g/mol. The number of aliphatic hydroxyl groups excluding tert-OH is 1. The van der Waals surface area contributed by atoms with Gasteiger partial charge in [0.15, 0.2) is 0 Å². The summed E-state index contributed by atoms with van der Waals surface area (Å²) in [5.74, 6) is 0. The molecule has 0 radical (unpaired) electrons. The summed E-state index contributed by atoms with van der Waals surface area (Å²) in [6, 6.07) is 0. The molecule has 0 fully saturated rings. The molecule has 0 heterocycles. The summed E-state index contributed by atoms with van der Waals surface area (Å²) in [7, 11) is 1.42. The molecule has 0 bridgehead atoms. The second-order valence-electron chi connectivity index (χ2n) is 9.55. The number of aliphatic hydroxyl groups is 1. The molecule has 0 saturated heterocycles. The van der Waals surface area contributed by atoms with Gasteiger partial charge in [-0.25, -0.2) is 0 Å². The third kappa shape index (κ3) is 24.4. The van der Waals surface area contributed by atoms with Gasteiger partial charge in [-0.15, -0.1) is 0 Å². The number of hydrogen-bond donors (Lipinski definition) is 1. The second-order valence-corrected chi connectivity index (χ2v) is 11.0. The van der Waals surface area contributed by atoms with Gasteiger partial charge in [-0.2, -0.15) is 0 Å². The molecule has 0 rings (SSSR count). The molecule has 0 aliphatic rings. The average molecular weight is 480 g/mol. The highest BCUT2D eigenvalue weighted by Crippen LogP contribution is 2.38. The van der Waals surface area contributed by atoms with E-state index in [0.717, 1.165) is 12.8 Å². The number of nitrogens with zero attached hydrogens (tertiary/aromatic N) is 1. The third-order valence-corrected chi connectivity index (χ3v) is 6.03. The third-order valence-electron chi connectivity index (χ3n) is 5.07. The van der Waals surface area contributed by atoms with Gasteiger partial charge in [0.2, 0.25) is 0 Å². The van der Waals surface area contributed by atoms with Gasteiger partial charge in [-0.3, -0.25) is 4.57 Å². The first kappa shape index (κ1) is 31.7. The summed E-state index contributed by atoms with van der Waals surface area (Å²) in [4.78, 5) is 11.7. The topological polar surface area (TPSA) is 88.0 Å². The highest BCUT2D eigenvalue weighted by atomic mass is 31.2. The number of phosphoric acid groups is 1. The Morgan fingerprint density at radius 1 is 0.844 bits per heavy atom. The van der Waals surface area contributed by atoms with Gasteiger partial charge in [-0.05, 0) is 19.3 Å². The minimum absolute atomic E-state index is 0.0329. The van der Waals surface area contributed by atoms with E-state index in [9.17, 15) is 14.6 Å². The molecule has 0 amide bonds. The van der Waals surface area contributed by atoms with Crippen LogP contribution < -0.4 is 4.89 Å². The van der Waals surface area contributed by atoms with E-state index in [1.165, 1.54) is 64.2 Å². The van der Waals surface area contributed by atoms with E-state index in [2.05, 4.69) is 19.1 Å². The number of ether oxygens (including phenoxy) is 1. The van der Waals surface area contributed by atoms with Crippen molar-refractivity contribution in [3.8, 4) is 0 Å². The smallest absolute Gasteiger partial charge is 0.268 e. The van der Waals surface area contributed by atoms with Crippen molar-refractivity contribution in [1.29, 1.82) is 0 Å². The largest absolute Gasteiger partial charge is 0.756 e. The molecule has 0 aromatic rings. The van der Waals surface area contributed by atoms with Crippen LogP contribution >= 0.6 is 7.82 Å². The van der Waals surface area contributed by atoms with Crippen LogP contribution in [0.15, 0.2) is 12.2 Å². The maximum Gasteiger partial charge on any atom is 0.268 e. The molecule has 0 aliphatic heterocycles. The minimum atomic E-state index is -4.40. The first-order chi connectivity index (χ1) is 15.2. The molecule has 0 spiro atoms. The Morgan fingerprint density at radius 2 is 1.41 bits per heavy atom. The number of likely N-dealkylation sites (N-methyl/N-ethyl adjacent to an activating group) is 1. The second kappa shape index (κ2) is 20.1. The van der Waals surface area contributed by atoms with Crippen LogP contribution in [0.1, 0.15) is 84.0 Å². The van der Waals surface area contributed by atoms with E-state index in [-0.39, 0.29) is 19.8 Å². The molecule has 7 nitrogen and oxygen atoms in total. The molecule has 0 saturated carbocycles. The molecule has 1 N–H and O–H groups in total. The van der Waals surface area contributed by atoms with E-state index in [1.54, 1.807) is 0 Å². The molecule has 2 atom stereocenters. The van der Waals surface area contributed by atoms with Crippen molar-refractivity contribution in [2.75, 3.05) is 54.1 Å². The lowest BCUT2D eigenvalue weighted by atomic mass is 10.1. The molecular formula is C24H50NO6P. The molecule has 0 aliphatic carbocycles. The lowest BCUT2D eigenvalue weighted by Crippen LogP contribution is -2.37. The number of unbranched alkanes of at least 4 members (excludes halogenated alkanes) is 10. The van der Waals surface area contributed by atoms with Gasteiger partial charge >= 0.3 is 0 Å². The fourth-order valence-electron chi connectivity index (χ4n) is 3.05. The van der Waals surface area contributed by atoms with Gasteiger partial charge in [0, 0.05) is 0 Å². The highest BCUT2D eigenvalue weighted by molar-refractivity contribution is 7.45. The normalized spacial score (nSPS) is 15.3. The van der Waals surface area contributed by atoms with Gasteiger partial charge in [0.25, 0.3) is 7.82 Å². The van der Waals surface area contributed by atoms with Gasteiger partial charge < -0.3 is 28.3 Å². The van der Waals surface area contributed by atoms with E-state index in [1.807, 2.05) is 21.1 Å². The minimum Gasteiger partial charge on any atom is -0.756 e. The summed E-state index contributed by atoms with van der Waals surface area (Å²) < 4.78 is 27.1. The van der Waals surface area contributed by atoms with Gasteiger partial charge in [0.05, 0.1) is 41.0 Å². The maximum absolute atomic E-state index is 11.7. The molecule has 192 valence electrons. The van der Waals surface area contributed by atoms with Crippen molar-refractivity contribution >= 4 is 7.82 Å². The van der Waals surface area contributed by atoms with Crippen LogP contribution in [0.2, 0.25) is 0 Å². The van der Waals surface area contributed by atoms with E-state index < -0.39 is 13.9 Å². The van der Waals surface area contributed by atoms with Crippen molar-refractivity contribution in [3.63, 3.8) is 0 Å². The maximum atomic E-state index is 11.7. The summed E-state index contributed by atoms with van der Waals surface area (Å²) in [6.07, 6.45) is 18.6. The van der Waals surface area contributed by atoms with E-state index >= 15 is 0 Å². The van der Waals surface area contributed by atoms with Crippen LogP contribution in [-0.4, -0.2) is 69.8 Å². The van der Waals surface area contributed by atoms with Crippen LogP contribution in [0.4, 0.5) is 0 Å². The van der Waals surface area contributed by atoms with Crippen LogP contribution in [0.3, 0.4) is 0 Å². The van der Waals surface area contributed by atoms with E-state index in [4.69, 9.17) is 13.8 Å². The molecule has 0 aromatic carbocycles. The number of phosphoric ester groups is 1.